The summed E-state index contributed by atoms with van der Waals surface area (Å²) in [7, 11) is 1.71. The van der Waals surface area contributed by atoms with Crippen LogP contribution in [0.4, 0.5) is 0 Å². The van der Waals surface area contributed by atoms with Gasteiger partial charge >= 0.3 is 0 Å². The molecule has 0 spiro atoms. The van der Waals surface area contributed by atoms with Crippen LogP contribution < -0.4 is 5.32 Å². The Morgan fingerprint density at radius 2 is 2.26 bits per heavy atom. The molecule has 2 atom stereocenters. The first-order valence-electron chi connectivity index (χ1n) is 6.74. The normalized spacial score (nSPS) is 23.0. The number of nitrogens with one attached hydrogen (secondary N) is 1. The van der Waals surface area contributed by atoms with E-state index in [1.807, 2.05) is 16.8 Å². The highest BCUT2D eigenvalue weighted by Crippen LogP contribution is 2.23. The molecule has 1 aliphatic rings. The van der Waals surface area contributed by atoms with Gasteiger partial charge in [-0.1, -0.05) is 0 Å². The average molecular weight is 329 g/mol. The number of halogens is 1. The molecule has 1 aliphatic carbocycles. The minimum absolute atomic E-state index is 0.0200. The van der Waals surface area contributed by atoms with E-state index in [1.54, 1.807) is 7.11 Å². The van der Waals surface area contributed by atoms with Gasteiger partial charge in [-0.15, -0.1) is 0 Å². The second-order valence-corrected chi connectivity index (χ2v) is 6.25. The van der Waals surface area contributed by atoms with Crippen LogP contribution in [0.5, 0.6) is 0 Å². The molecule has 0 radical (unpaired) electrons. The number of nitrogens with zero attached hydrogens (tertiary/aromatic N) is 1. The molecule has 0 aromatic carbocycles. The molecule has 1 fully saturated rings. The first-order valence-corrected chi connectivity index (χ1v) is 7.53. The van der Waals surface area contributed by atoms with Crippen LogP contribution in [0.25, 0.3) is 0 Å². The molecule has 1 amide bonds. The standard InChI is InChI=1S/C14H21BrN2O2/c1-9(2)17-8-10(15)7-12(17)14(18)16-11-5-4-6-13(11)19-3/h7-9,11,13H,4-6H2,1-3H3,(H,16,18). The largest absolute Gasteiger partial charge is 0.379 e. The van der Waals surface area contributed by atoms with E-state index in [0.717, 1.165) is 23.7 Å². The molecule has 1 heterocycles. The zero-order chi connectivity index (χ0) is 14.0. The minimum Gasteiger partial charge on any atom is -0.379 e. The van der Waals surface area contributed by atoms with Crippen molar-refractivity contribution in [1.82, 2.24) is 9.88 Å². The molecule has 19 heavy (non-hydrogen) atoms. The van der Waals surface area contributed by atoms with Crippen molar-refractivity contribution in [1.29, 1.82) is 0 Å². The Bertz CT molecular complexity index is 456. The lowest BCUT2D eigenvalue weighted by Gasteiger charge is -2.20. The van der Waals surface area contributed by atoms with Crippen LogP contribution in [-0.4, -0.2) is 29.7 Å². The average Bonchev–Trinajstić information content (AvgIpc) is 2.95. The van der Waals surface area contributed by atoms with Crippen molar-refractivity contribution in [2.45, 2.75) is 51.3 Å². The van der Waals surface area contributed by atoms with E-state index < -0.39 is 0 Å². The Morgan fingerprint density at radius 1 is 1.53 bits per heavy atom. The molecule has 5 heteroatoms. The second kappa shape index (κ2) is 6.09. The number of methoxy groups -OCH3 is 1. The lowest BCUT2D eigenvalue weighted by atomic mass is 10.2. The van der Waals surface area contributed by atoms with Crippen LogP contribution in [0, 0.1) is 0 Å². The van der Waals surface area contributed by atoms with E-state index >= 15 is 0 Å². The number of carbonyl (C=O) groups is 1. The Labute approximate surface area is 122 Å². The van der Waals surface area contributed by atoms with Gasteiger partial charge in [-0.3, -0.25) is 4.79 Å². The zero-order valence-electron chi connectivity index (χ0n) is 11.6. The first-order chi connectivity index (χ1) is 9.02. The number of ether oxygens (including phenoxy) is 1. The smallest absolute Gasteiger partial charge is 0.268 e. The SMILES string of the molecule is COC1CCCC1NC(=O)c1cc(Br)cn1C(C)C. The highest BCUT2D eigenvalue weighted by Gasteiger charge is 2.29. The van der Waals surface area contributed by atoms with Crippen molar-refractivity contribution < 1.29 is 9.53 Å². The number of amides is 1. The van der Waals surface area contributed by atoms with Gasteiger partial charge in [-0.25, -0.2) is 0 Å². The molecule has 0 aliphatic heterocycles. The van der Waals surface area contributed by atoms with Gasteiger partial charge in [-0.2, -0.15) is 0 Å². The maximum Gasteiger partial charge on any atom is 0.268 e. The molecule has 4 nitrogen and oxygen atoms in total. The van der Waals surface area contributed by atoms with Crippen molar-refractivity contribution in [3.05, 3.63) is 22.4 Å². The molecule has 106 valence electrons. The van der Waals surface area contributed by atoms with Gasteiger partial charge in [0.15, 0.2) is 0 Å². The highest BCUT2D eigenvalue weighted by molar-refractivity contribution is 9.10. The minimum atomic E-state index is -0.0200. The summed E-state index contributed by atoms with van der Waals surface area (Å²) >= 11 is 3.43. The van der Waals surface area contributed by atoms with Crippen LogP contribution in [0.1, 0.15) is 49.6 Å². The third kappa shape index (κ3) is 3.20. The molecule has 0 saturated heterocycles. The summed E-state index contributed by atoms with van der Waals surface area (Å²) in [5.41, 5.74) is 0.698. The maximum absolute atomic E-state index is 12.4. The molecular formula is C14H21BrN2O2. The lowest BCUT2D eigenvalue weighted by Crippen LogP contribution is -2.41. The number of aromatic nitrogens is 1. The molecule has 1 saturated carbocycles. The van der Waals surface area contributed by atoms with Crippen LogP contribution in [0.15, 0.2) is 16.7 Å². The number of hydrogen-bond acceptors (Lipinski definition) is 2. The predicted molar refractivity (Wildman–Crippen MR) is 78.4 cm³/mol. The molecule has 2 rings (SSSR count). The molecular weight excluding hydrogens is 308 g/mol. The fourth-order valence-corrected chi connectivity index (χ4v) is 3.11. The van der Waals surface area contributed by atoms with E-state index in [1.165, 1.54) is 0 Å². The lowest BCUT2D eigenvalue weighted by molar-refractivity contribution is 0.0716. The van der Waals surface area contributed by atoms with E-state index in [2.05, 4.69) is 35.1 Å². The van der Waals surface area contributed by atoms with Gasteiger partial charge in [0.1, 0.15) is 5.69 Å². The van der Waals surface area contributed by atoms with Gasteiger partial charge in [0, 0.05) is 23.8 Å². The fraction of sp³-hybridized carbons (Fsp3) is 0.643. The van der Waals surface area contributed by atoms with Crippen molar-refractivity contribution in [2.24, 2.45) is 0 Å². The third-order valence-corrected chi connectivity index (χ3v) is 4.11. The number of rotatable bonds is 4. The van der Waals surface area contributed by atoms with Crippen LogP contribution in [-0.2, 0) is 4.74 Å². The summed E-state index contributed by atoms with van der Waals surface area (Å²) in [4.78, 5) is 12.4. The Hall–Kier alpha value is -0.810. The van der Waals surface area contributed by atoms with Gasteiger partial charge in [0.2, 0.25) is 0 Å². The number of carbonyl (C=O) groups excluding carboxylic acids is 1. The summed E-state index contributed by atoms with van der Waals surface area (Å²) in [5.74, 6) is -0.0200. The van der Waals surface area contributed by atoms with E-state index in [0.29, 0.717) is 5.69 Å². The molecule has 2 unspecified atom stereocenters. The van der Waals surface area contributed by atoms with E-state index in [4.69, 9.17) is 4.74 Å². The van der Waals surface area contributed by atoms with Crippen LogP contribution in [0.3, 0.4) is 0 Å². The highest BCUT2D eigenvalue weighted by atomic mass is 79.9. The van der Waals surface area contributed by atoms with Crippen molar-refractivity contribution in [3.63, 3.8) is 0 Å². The quantitative estimate of drug-likeness (QED) is 0.922. The van der Waals surface area contributed by atoms with Gasteiger partial charge in [-0.05, 0) is 55.1 Å². The first kappa shape index (κ1) is 14.6. The maximum atomic E-state index is 12.4. The molecule has 1 N–H and O–H groups in total. The monoisotopic (exact) mass is 328 g/mol. The van der Waals surface area contributed by atoms with Crippen molar-refractivity contribution in [3.8, 4) is 0 Å². The van der Waals surface area contributed by atoms with Crippen LogP contribution in [0.2, 0.25) is 0 Å². The van der Waals surface area contributed by atoms with Gasteiger partial charge in [0.05, 0.1) is 12.1 Å². The predicted octanol–water partition coefficient (Wildman–Crippen LogP) is 3.13. The summed E-state index contributed by atoms with van der Waals surface area (Å²) in [6.07, 6.45) is 5.22. The van der Waals surface area contributed by atoms with Gasteiger partial charge in [0.25, 0.3) is 5.91 Å². The topological polar surface area (TPSA) is 43.3 Å². The second-order valence-electron chi connectivity index (χ2n) is 5.33. The summed E-state index contributed by atoms with van der Waals surface area (Å²) in [6, 6.07) is 2.26. The molecule has 1 aromatic heterocycles. The van der Waals surface area contributed by atoms with Crippen molar-refractivity contribution in [2.75, 3.05) is 7.11 Å². The third-order valence-electron chi connectivity index (χ3n) is 3.68. The summed E-state index contributed by atoms with van der Waals surface area (Å²) in [5, 5.41) is 3.10. The summed E-state index contributed by atoms with van der Waals surface area (Å²) < 4.78 is 8.33. The van der Waals surface area contributed by atoms with Crippen molar-refractivity contribution >= 4 is 21.8 Å². The van der Waals surface area contributed by atoms with Crippen LogP contribution >= 0.6 is 15.9 Å². The summed E-state index contributed by atoms with van der Waals surface area (Å²) in [6.45, 7) is 4.13. The Balaban J connectivity index is 2.11. The van der Waals surface area contributed by atoms with E-state index in [9.17, 15) is 4.79 Å². The van der Waals surface area contributed by atoms with E-state index in [-0.39, 0.29) is 24.1 Å². The molecule has 0 bridgehead atoms. The number of hydrogen-bond donors (Lipinski definition) is 1. The van der Waals surface area contributed by atoms with Gasteiger partial charge < -0.3 is 14.6 Å². The zero-order valence-corrected chi connectivity index (χ0v) is 13.2. The molecule has 1 aromatic rings. The fourth-order valence-electron chi connectivity index (χ4n) is 2.67. The Kier molecular flexibility index (Phi) is 4.68. The Morgan fingerprint density at radius 3 is 2.89 bits per heavy atom.